The van der Waals surface area contributed by atoms with Gasteiger partial charge in [-0.05, 0) is 101 Å². The van der Waals surface area contributed by atoms with Gasteiger partial charge in [-0.25, -0.2) is 9.69 Å². The van der Waals surface area contributed by atoms with Crippen LogP contribution < -0.4 is 15.0 Å². The number of ether oxygens (including phenoxy) is 1. The summed E-state index contributed by atoms with van der Waals surface area (Å²) in [5.74, 6) is -0.692. The Balaban J connectivity index is 1.57. The summed E-state index contributed by atoms with van der Waals surface area (Å²) in [6, 6.07) is 17.9. The monoisotopic (exact) mass is 630 g/mol. The number of amides is 4. The zero-order chi connectivity index (χ0) is 24.4. The number of hydrogen-bond donors (Lipinski definition) is 1. The van der Waals surface area contributed by atoms with Gasteiger partial charge in [-0.1, -0.05) is 40.2 Å². The van der Waals surface area contributed by atoms with Crippen LogP contribution in [0, 0.1) is 17.4 Å². The van der Waals surface area contributed by atoms with Crippen LogP contribution in [0.1, 0.15) is 22.3 Å². The van der Waals surface area contributed by atoms with E-state index >= 15 is 0 Å². The molecule has 1 aliphatic heterocycles. The van der Waals surface area contributed by atoms with Crippen LogP contribution in [0.3, 0.4) is 0 Å². The predicted molar refractivity (Wildman–Crippen MR) is 143 cm³/mol. The molecule has 1 heterocycles. The molecule has 0 unspecified atom stereocenters. The maximum absolute atomic E-state index is 13.2. The van der Waals surface area contributed by atoms with Crippen LogP contribution in [0.5, 0.6) is 5.75 Å². The Morgan fingerprint density at radius 2 is 1.65 bits per heavy atom. The van der Waals surface area contributed by atoms with Gasteiger partial charge in [0, 0.05) is 4.47 Å². The van der Waals surface area contributed by atoms with Gasteiger partial charge < -0.3 is 4.74 Å². The Morgan fingerprint density at radius 1 is 0.971 bits per heavy atom. The number of nitrogens with one attached hydrogen (secondary N) is 1. The Bertz CT molecular complexity index is 1310. The third-order valence-corrected chi connectivity index (χ3v) is 6.51. The van der Waals surface area contributed by atoms with Crippen molar-refractivity contribution in [1.29, 1.82) is 0 Å². The topological polar surface area (TPSA) is 75.7 Å². The van der Waals surface area contributed by atoms with Crippen molar-refractivity contribution in [3.8, 4) is 5.75 Å². The van der Waals surface area contributed by atoms with Crippen molar-refractivity contribution in [3.05, 3.63) is 96.5 Å². The molecule has 1 fully saturated rings. The minimum atomic E-state index is -0.761. The lowest BCUT2D eigenvalue weighted by Gasteiger charge is -2.27. The summed E-state index contributed by atoms with van der Waals surface area (Å²) in [6.45, 7) is 4.18. The average molecular weight is 631 g/mol. The molecule has 34 heavy (non-hydrogen) atoms. The number of anilines is 1. The largest absolute Gasteiger partial charge is 0.488 e. The van der Waals surface area contributed by atoms with Gasteiger partial charge in [0.2, 0.25) is 0 Å². The molecule has 3 aromatic carbocycles. The van der Waals surface area contributed by atoms with Crippen LogP contribution in [-0.2, 0) is 16.2 Å². The first-order valence-corrected chi connectivity index (χ1v) is 12.2. The number of carbonyl (C=O) groups is 3. The van der Waals surface area contributed by atoms with Crippen LogP contribution in [0.2, 0.25) is 0 Å². The Labute approximate surface area is 219 Å². The standard InChI is InChI=1S/C26H20BrIN2O4/c1-15-9-16(2)11-20(10-15)30-25(32)21(24(31)29-26(30)33)12-18-5-8-23(22(28)13-18)34-14-17-3-6-19(27)7-4-17/h3-13H,14H2,1-2H3,(H,29,31,33)/b21-12+. The molecule has 3 aromatic rings. The molecule has 0 bridgehead atoms. The lowest BCUT2D eigenvalue weighted by molar-refractivity contribution is -0.122. The third kappa shape index (κ3) is 5.39. The number of aryl methyl sites for hydroxylation is 2. The van der Waals surface area contributed by atoms with Crippen molar-refractivity contribution in [1.82, 2.24) is 5.32 Å². The highest BCUT2D eigenvalue weighted by Gasteiger charge is 2.37. The molecule has 0 aliphatic carbocycles. The maximum Gasteiger partial charge on any atom is 0.335 e. The summed E-state index contributed by atoms with van der Waals surface area (Å²) in [6.07, 6.45) is 1.49. The molecule has 8 heteroatoms. The summed E-state index contributed by atoms with van der Waals surface area (Å²) < 4.78 is 7.75. The fourth-order valence-corrected chi connectivity index (χ4v) is 4.56. The van der Waals surface area contributed by atoms with Gasteiger partial charge >= 0.3 is 6.03 Å². The summed E-state index contributed by atoms with van der Waals surface area (Å²) in [5, 5.41) is 2.26. The molecule has 4 rings (SSSR count). The van der Waals surface area contributed by atoms with E-state index in [1.54, 1.807) is 24.3 Å². The number of imide groups is 2. The van der Waals surface area contributed by atoms with Crippen LogP contribution in [-0.4, -0.2) is 17.8 Å². The highest BCUT2D eigenvalue weighted by Crippen LogP contribution is 2.27. The molecule has 1 N–H and O–H groups in total. The second kappa shape index (κ2) is 10.1. The van der Waals surface area contributed by atoms with Gasteiger partial charge in [0.15, 0.2) is 0 Å². The van der Waals surface area contributed by atoms with Crippen molar-refractivity contribution in [3.63, 3.8) is 0 Å². The highest BCUT2D eigenvalue weighted by atomic mass is 127. The molecular formula is C26H20BrIN2O4. The number of halogens is 2. The number of benzene rings is 3. The Kier molecular flexibility index (Phi) is 7.18. The zero-order valence-electron chi connectivity index (χ0n) is 18.4. The van der Waals surface area contributed by atoms with Gasteiger partial charge in [0.1, 0.15) is 17.9 Å². The second-order valence-electron chi connectivity index (χ2n) is 7.91. The SMILES string of the molecule is Cc1cc(C)cc(N2C(=O)NC(=O)/C(=C\c3ccc(OCc4ccc(Br)cc4)c(I)c3)C2=O)c1. The number of nitrogens with zero attached hydrogens (tertiary/aromatic N) is 1. The van der Waals surface area contributed by atoms with Crippen LogP contribution in [0.25, 0.3) is 6.08 Å². The van der Waals surface area contributed by atoms with E-state index in [9.17, 15) is 14.4 Å². The maximum atomic E-state index is 13.2. The molecule has 6 nitrogen and oxygen atoms in total. The van der Waals surface area contributed by atoms with Gasteiger partial charge in [-0.2, -0.15) is 0 Å². The quantitative estimate of drug-likeness (QED) is 0.216. The second-order valence-corrected chi connectivity index (χ2v) is 9.99. The minimum absolute atomic E-state index is 0.113. The van der Waals surface area contributed by atoms with Crippen LogP contribution >= 0.6 is 38.5 Å². The molecule has 1 aliphatic rings. The molecule has 0 aromatic heterocycles. The highest BCUT2D eigenvalue weighted by molar-refractivity contribution is 14.1. The van der Waals surface area contributed by atoms with E-state index in [0.717, 1.165) is 29.6 Å². The average Bonchev–Trinajstić information content (AvgIpc) is 2.76. The van der Waals surface area contributed by atoms with Crippen molar-refractivity contribution >= 4 is 68.1 Å². The van der Waals surface area contributed by atoms with Gasteiger partial charge in [0.05, 0.1) is 9.26 Å². The van der Waals surface area contributed by atoms with E-state index in [-0.39, 0.29) is 5.57 Å². The summed E-state index contributed by atoms with van der Waals surface area (Å²) in [5.41, 5.74) is 3.81. The summed E-state index contributed by atoms with van der Waals surface area (Å²) in [4.78, 5) is 39.1. The van der Waals surface area contributed by atoms with E-state index in [1.807, 2.05) is 50.2 Å². The molecule has 0 atom stereocenters. The van der Waals surface area contributed by atoms with Crippen molar-refractivity contribution < 1.29 is 19.1 Å². The number of hydrogen-bond acceptors (Lipinski definition) is 4. The molecule has 1 saturated heterocycles. The Hall–Kier alpha value is -2.98. The van der Waals surface area contributed by atoms with Gasteiger partial charge in [0.25, 0.3) is 11.8 Å². The van der Waals surface area contributed by atoms with Crippen LogP contribution in [0.4, 0.5) is 10.5 Å². The number of urea groups is 1. The Morgan fingerprint density at radius 3 is 2.29 bits per heavy atom. The molecule has 172 valence electrons. The lowest BCUT2D eigenvalue weighted by Crippen LogP contribution is -2.54. The first-order chi connectivity index (χ1) is 16.2. The zero-order valence-corrected chi connectivity index (χ0v) is 22.1. The summed E-state index contributed by atoms with van der Waals surface area (Å²) in [7, 11) is 0. The fourth-order valence-electron chi connectivity index (χ4n) is 3.60. The van der Waals surface area contributed by atoms with E-state index in [1.165, 1.54) is 6.08 Å². The minimum Gasteiger partial charge on any atom is -0.488 e. The third-order valence-electron chi connectivity index (χ3n) is 5.14. The normalized spacial score (nSPS) is 15.0. The van der Waals surface area contributed by atoms with E-state index < -0.39 is 17.8 Å². The van der Waals surface area contributed by atoms with Crippen molar-refractivity contribution in [2.24, 2.45) is 0 Å². The van der Waals surface area contributed by atoms with Gasteiger partial charge in [-0.3, -0.25) is 14.9 Å². The van der Waals surface area contributed by atoms with Gasteiger partial charge in [-0.15, -0.1) is 0 Å². The van der Waals surface area contributed by atoms with Crippen molar-refractivity contribution in [2.75, 3.05) is 4.90 Å². The first kappa shape index (κ1) is 24.2. The smallest absolute Gasteiger partial charge is 0.335 e. The fraction of sp³-hybridized carbons (Fsp3) is 0.115. The first-order valence-electron chi connectivity index (χ1n) is 10.4. The molecular weight excluding hydrogens is 611 g/mol. The van der Waals surface area contributed by atoms with Crippen molar-refractivity contribution in [2.45, 2.75) is 20.5 Å². The number of rotatable bonds is 5. The number of carbonyl (C=O) groups excluding carboxylic acids is 3. The molecule has 0 spiro atoms. The van der Waals surface area contributed by atoms with E-state index in [0.29, 0.717) is 23.6 Å². The molecule has 4 amide bonds. The molecule has 0 radical (unpaired) electrons. The number of barbiturate groups is 1. The van der Waals surface area contributed by atoms with Crippen LogP contribution in [0.15, 0.2) is 70.7 Å². The lowest BCUT2D eigenvalue weighted by atomic mass is 10.1. The predicted octanol–water partition coefficient (Wildman–Crippen LogP) is 5.92. The van der Waals surface area contributed by atoms with E-state index in [4.69, 9.17) is 4.74 Å². The summed E-state index contributed by atoms with van der Waals surface area (Å²) >= 11 is 5.57. The van der Waals surface area contributed by atoms with E-state index in [2.05, 4.69) is 43.8 Å². The molecule has 0 saturated carbocycles.